The van der Waals surface area contributed by atoms with Gasteiger partial charge in [-0.15, -0.1) is 10.2 Å². The first-order valence-electron chi connectivity index (χ1n) is 6.37. The van der Waals surface area contributed by atoms with E-state index in [1.54, 1.807) is 7.11 Å². The first-order valence-corrected chi connectivity index (χ1v) is 6.37. The van der Waals surface area contributed by atoms with Crippen LogP contribution in [0.4, 0.5) is 0 Å². The topological polar surface area (TPSA) is 82.3 Å². The minimum atomic E-state index is -0.676. The summed E-state index contributed by atoms with van der Waals surface area (Å²) >= 11 is 0. The van der Waals surface area contributed by atoms with Crippen molar-refractivity contribution in [3.05, 3.63) is 30.3 Å². The van der Waals surface area contributed by atoms with E-state index in [0.717, 1.165) is 5.56 Å². The zero-order valence-corrected chi connectivity index (χ0v) is 11.3. The van der Waals surface area contributed by atoms with Crippen LogP contribution < -0.4 is 0 Å². The third-order valence-corrected chi connectivity index (χ3v) is 2.60. The smallest absolute Gasteiger partial charge is 0.204 e. The number of nitrogens with zero attached hydrogens (tertiary/aromatic N) is 4. The average Bonchev–Trinajstić information content (AvgIpc) is 2.93. The number of benzene rings is 1. The summed E-state index contributed by atoms with van der Waals surface area (Å²) in [7, 11) is 1.60. The Morgan fingerprint density at radius 3 is 2.80 bits per heavy atom. The molecule has 0 spiro atoms. The number of tetrazole rings is 1. The molecular formula is C13H18N4O3. The van der Waals surface area contributed by atoms with Crippen LogP contribution in [0.3, 0.4) is 0 Å². The van der Waals surface area contributed by atoms with E-state index < -0.39 is 6.10 Å². The summed E-state index contributed by atoms with van der Waals surface area (Å²) in [6.45, 7) is 1.42. The highest BCUT2D eigenvalue weighted by Gasteiger charge is 2.10. The molecule has 7 heteroatoms. The molecule has 0 saturated carbocycles. The molecule has 0 fully saturated rings. The Morgan fingerprint density at radius 1 is 1.25 bits per heavy atom. The lowest BCUT2D eigenvalue weighted by molar-refractivity contribution is 0.00427. The SMILES string of the molecule is COCCOCC(O)Cn1nnc(-c2ccccc2)n1. The molecule has 1 aromatic carbocycles. The van der Waals surface area contributed by atoms with Crippen LogP contribution in [0.2, 0.25) is 0 Å². The number of aliphatic hydroxyl groups is 1. The zero-order valence-electron chi connectivity index (χ0n) is 11.3. The van der Waals surface area contributed by atoms with E-state index in [1.165, 1.54) is 4.80 Å². The van der Waals surface area contributed by atoms with Crippen molar-refractivity contribution in [2.24, 2.45) is 0 Å². The predicted octanol–water partition coefficient (Wildman–Crippen LogP) is 0.364. The van der Waals surface area contributed by atoms with Gasteiger partial charge in [0.1, 0.15) is 0 Å². The highest BCUT2D eigenvalue weighted by molar-refractivity contribution is 5.52. The van der Waals surface area contributed by atoms with Crippen LogP contribution in [-0.2, 0) is 16.0 Å². The van der Waals surface area contributed by atoms with Crippen molar-refractivity contribution in [2.45, 2.75) is 12.6 Å². The van der Waals surface area contributed by atoms with Gasteiger partial charge >= 0.3 is 0 Å². The summed E-state index contributed by atoms with van der Waals surface area (Å²) in [5, 5.41) is 21.9. The molecule has 1 heterocycles. The first kappa shape index (κ1) is 14.6. The van der Waals surface area contributed by atoms with Crippen LogP contribution in [0.25, 0.3) is 11.4 Å². The number of aliphatic hydroxyl groups excluding tert-OH is 1. The van der Waals surface area contributed by atoms with Gasteiger partial charge in [0, 0.05) is 12.7 Å². The van der Waals surface area contributed by atoms with Gasteiger partial charge in [-0.05, 0) is 5.21 Å². The fourth-order valence-corrected chi connectivity index (χ4v) is 1.63. The molecule has 2 rings (SSSR count). The van der Waals surface area contributed by atoms with E-state index in [9.17, 15) is 5.11 Å². The van der Waals surface area contributed by atoms with Gasteiger partial charge in [0.2, 0.25) is 5.82 Å². The molecule has 0 saturated heterocycles. The highest BCUT2D eigenvalue weighted by atomic mass is 16.5. The molecular weight excluding hydrogens is 260 g/mol. The first-order chi connectivity index (χ1) is 9.79. The Morgan fingerprint density at radius 2 is 2.05 bits per heavy atom. The molecule has 0 aliphatic rings. The molecule has 2 aromatic rings. The van der Waals surface area contributed by atoms with E-state index in [2.05, 4.69) is 15.4 Å². The van der Waals surface area contributed by atoms with Crippen molar-refractivity contribution < 1.29 is 14.6 Å². The minimum Gasteiger partial charge on any atom is -0.389 e. The van der Waals surface area contributed by atoms with Crippen molar-refractivity contribution in [1.82, 2.24) is 20.2 Å². The van der Waals surface area contributed by atoms with E-state index in [4.69, 9.17) is 9.47 Å². The zero-order chi connectivity index (χ0) is 14.2. The maximum Gasteiger partial charge on any atom is 0.204 e. The van der Waals surface area contributed by atoms with Crippen molar-refractivity contribution in [3.63, 3.8) is 0 Å². The molecule has 0 bridgehead atoms. The number of aromatic nitrogens is 4. The van der Waals surface area contributed by atoms with Gasteiger partial charge in [0.05, 0.1) is 32.5 Å². The predicted molar refractivity (Wildman–Crippen MR) is 72.0 cm³/mol. The number of hydrogen-bond donors (Lipinski definition) is 1. The van der Waals surface area contributed by atoms with E-state index in [1.807, 2.05) is 30.3 Å². The molecule has 1 atom stereocenters. The largest absolute Gasteiger partial charge is 0.389 e. The lowest BCUT2D eigenvalue weighted by Crippen LogP contribution is -2.24. The van der Waals surface area contributed by atoms with Gasteiger partial charge in [-0.2, -0.15) is 4.80 Å². The van der Waals surface area contributed by atoms with E-state index in [-0.39, 0.29) is 13.2 Å². The molecule has 0 amide bonds. The fraction of sp³-hybridized carbons (Fsp3) is 0.462. The second kappa shape index (κ2) is 7.68. The van der Waals surface area contributed by atoms with Crippen LogP contribution in [0.5, 0.6) is 0 Å². The molecule has 1 N–H and O–H groups in total. The Labute approximate surface area is 117 Å². The van der Waals surface area contributed by atoms with Gasteiger partial charge in [0.25, 0.3) is 0 Å². The summed E-state index contributed by atoms with van der Waals surface area (Å²) in [6, 6.07) is 9.56. The Bertz CT molecular complexity index is 503. The van der Waals surface area contributed by atoms with Crippen molar-refractivity contribution in [3.8, 4) is 11.4 Å². The maximum atomic E-state index is 9.79. The second-order valence-electron chi connectivity index (χ2n) is 4.26. The Balaban J connectivity index is 1.83. The van der Waals surface area contributed by atoms with Crippen molar-refractivity contribution >= 4 is 0 Å². The normalized spacial score (nSPS) is 12.5. The Kier molecular flexibility index (Phi) is 5.60. The van der Waals surface area contributed by atoms with Crippen LogP contribution in [0.15, 0.2) is 30.3 Å². The molecule has 0 aliphatic carbocycles. The number of rotatable bonds is 8. The second-order valence-corrected chi connectivity index (χ2v) is 4.26. The van der Waals surface area contributed by atoms with Crippen molar-refractivity contribution in [1.29, 1.82) is 0 Å². The summed E-state index contributed by atoms with van der Waals surface area (Å²) in [6.07, 6.45) is -0.676. The standard InChI is InChI=1S/C13H18N4O3/c1-19-7-8-20-10-12(18)9-17-15-13(14-16-17)11-5-3-2-4-6-11/h2-6,12,18H,7-10H2,1H3. The lowest BCUT2D eigenvalue weighted by atomic mass is 10.2. The number of ether oxygens (including phenoxy) is 2. The van der Waals surface area contributed by atoms with Gasteiger partial charge in [0.15, 0.2) is 0 Å². The monoisotopic (exact) mass is 278 g/mol. The molecule has 20 heavy (non-hydrogen) atoms. The minimum absolute atomic E-state index is 0.214. The fourth-order valence-electron chi connectivity index (χ4n) is 1.63. The van der Waals surface area contributed by atoms with Crippen LogP contribution in [0.1, 0.15) is 0 Å². The highest BCUT2D eigenvalue weighted by Crippen LogP contribution is 2.11. The van der Waals surface area contributed by atoms with Crippen molar-refractivity contribution in [2.75, 3.05) is 26.9 Å². The number of methoxy groups -OCH3 is 1. The summed E-state index contributed by atoms with van der Waals surface area (Å²) in [5.41, 5.74) is 0.893. The number of hydrogen-bond acceptors (Lipinski definition) is 6. The molecule has 1 aromatic heterocycles. The van der Waals surface area contributed by atoms with Gasteiger partial charge < -0.3 is 14.6 Å². The third-order valence-electron chi connectivity index (χ3n) is 2.60. The van der Waals surface area contributed by atoms with Crippen LogP contribution in [0, 0.1) is 0 Å². The maximum absolute atomic E-state index is 9.79. The molecule has 0 radical (unpaired) electrons. The van der Waals surface area contributed by atoms with Crippen LogP contribution >= 0.6 is 0 Å². The van der Waals surface area contributed by atoms with Gasteiger partial charge in [-0.25, -0.2) is 0 Å². The molecule has 0 aliphatic heterocycles. The summed E-state index contributed by atoms with van der Waals surface area (Å²) in [5.74, 6) is 0.540. The van der Waals surface area contributed by atoms with E-state index in [0.29, 0.717) is 19.0 Å². The molecule has 7 nitrogen and oxygen atoms in total. The lowest BCUT2D eigenvalue weighted by Gasteiger charge is -2.09. The quantitative estimate of drug-likeness (QED) is 0.702. The summed E-state index contributed by atoms with van der Waals surface area (Å²) in [4.78, 5) is 1.37. The van der Waals surface area contributed by atoms with Gasteiger partial charge in [-0.3, -0.25) is 0 Å². The Hall–Kier alpha value is -1.83. The van der Waals surface area contributed by atoms with Crippen LogP contribution in [-0.4, -0.2) is 58.3 Å². The van der Waals surface area contributed by atoms with Gasteiger partial charge in [-0.1, -0.05) is 30.3 Å². The third kappa shape index (κ3) is 4.37. The average molecular weight is 278 g/mol. The molecule has 1 unspecified atom stereocenters. The van der Waals surface area contributed by atoms with E-state index >= 15 is 0 Å². The summed E-state index contributed by atoms with van der Waals surface area (Å²) < 4.78 is 10.1. The molecule has 108 valence electrons.